The first-order chi connectivity index (χ1) is 6.96. The first-order valence-electron chi connectivity index (χ1n) is 4.04. The van der Waals surface area contributed by atoms with Crippen molar-refractivity contribution in [2.24, 2.45) is 0 Å². The average Bonchev–Trinajstić information content (AvgIpc) is 2.24. The third-order valence-corrected chi connectivity index (χ3v) is 2.18. The molecule has 1 nitrogen and oxygen atoms in total. The van der Waals surface area contributed by atoms with Crippen molar-refractivity contribution in [3.63, 3.8) is 0 Å². The van der Waals surface area contributed by atoms with Crippen LogP contribution in [0.5, 0.6) is 0 Å². The van der Waals surface area contributed by atoms with Gasteiger partial charge >= 0.3 is 5.92 Å². The van der Waals surface area contributed by atoms with Crippen LogP contribution in [0, 0.1) is 0 Å². The van der Waals surface area contributed by atoms with Gasteiger partial charge in [-0.25, -0.2) is 4.39 Å². The van der Waals surface area contributed by atoms with Crippen molar-refractivity contribution >= 4 is 11.6 Å². The molecule has 0 aromatic heterocycles. The van der Waals surface area contributed by atoms with Crippen molar-refractivity contribution in [2.45, 2.75) is 5.92 Å². The summed E-state index contributed by atoms with van der Waals surface area (Å²) in [6, 6.07) is 4.43. The van der Waals surface area contributed by atoms with Gasteiger partial charge in [-0.1, -0.05) is 24.3 Å². The zero-order chi connectivity index (χ0) is 11.2. The topological polar surface area (TPSA) is 17.1 Å². The lowest BCUT2D eigenvalue weighted by atomic mass is 9.91. The molecule has 0 heterocycles. The highest BCUT2D eigenvalue weighted by Crippen LogP contribution is 2.43. The monoisotopic (exact) mass is 216 g/mol. The standard InChI is InChI=1S/C10H4F4O/c11-7-5-3-1-2-4-6(5)10(13,14)9(15)8(7)12/h1-4H. The summed E-state index contributed by atoms with van der Waals surface area (Å²) < 4.78 is 52.4. The maximum Gasteiger partial charge on any atom is 0.338 e. The van der Waals surface area contributed by atoms with Crippen molar-refractivity contribution in [3.8, 4) is 0 Å². The highest BCUT2D eigenvalue weighted by molar-refractivity contribution is 6.07. The third-order valence-electron chi connectivity index (χ3n) is 2.18. The summed E-state index contributed by atoms with van der Waals surface area (Å²) in [5.41, 5.74) is -1.37. The summed E-state index contributed by atoms with van der Waals surface area (Å²) in [6.45, 7) is 0. The molecule has 0 saturated carbocycles. The normalized spacial score (nSPS) is 19.1. The minimum atomic E-state index is -3.99. The van der Waals surface area contributed by atoms with E-state index in [4.69, 9.17) is 0 Å². The van der Waals surface area contributed by atoms with Gasteiger partial charge in [0, 0.05) is 11.1 Å². The van der Waals surface area contributed by atoms with Crippen LogP contribution in [0.15, 0.2) is 30.1 Å². The van der Waals surface area contributed by atoms with Crippen LogP contribution in [-0.4, -0.2) is 5.78 Å². The average molecular weight is 216 g/mol. The molecular formula is C10H4F4O. The molecule has 0 N–H and O–H groups in total. The van der Waals surface area contributed by atoms with E-state index < -0.39 is 34.5 Å². The Labute approximate surface area is 82.0 Å². The Hall–Kier alpha value is -1.65. The number of hydrogen-bond donors (Lipinski definition) is 0. The maximum absolute atomic E-state index is 13.2. The Balaban J connectivity index is 2.80. The van der Waals surface area contributed by atoms with Crippen LogP contribution in [0.25, 0.3) is 5.83 Å². The lowest BCUT2D eigenvalue weighted by Gasteiger charge is -2.21. The molecular weight excluding hydrogens is 212 g/mol. The number of rotatable bonds is 0. The van der Waals surface area contributed by atoms with Crippen LogP contribution < -0.4 is 0 Å². The number of halogens is 4. The van der Waals surface area contributed by atoms with Crippen LogP contribution in [-0.2, 0) is 10.7 Å². The van der Waals surface area contributed by atoms with Gasteiger partial charge in [0.1, 0.15) is 0 Å². The molecule has 78 valence electrons. The van der Waals surface area contributed by atoms with Gasteiger partial charge in [0.05, 0.1) is 0 Å². The van der Waals surface area contributed by atoms with E-state index in [0.29, 0.717) is 0 Å². The Morgan fingerprint density at radius 3 is 2.27 bits per heavy atom. The minimum absolute atomic E-state index is 0.570. The Morgan fingerprint density at radius 2 is 1.60 bits per heavy atom. The largest absolute Gasteiger partial charge is 0.338 e. The van der Waals surface area contributed by atoms with E-state index in [2.05, 4.69) is 0 Å². The second-order valence-corrected chi connectivity index (χ2v) is 3.08. The highest BCUT2D eigenvalue weighted by atomic mass is 19.3. The second-order valence-electron chi connectivity index (χ2n) is 3.08. The van der Waals surface area contributed by atoms with Gasteiger partial charge in [-0.05, 0) is 0 Å². The number of carbonyl (C=O) groups is 1. The molecule has 5 heteroatoms. The number of benzene rings is 1. The molecule has 0 atom stereocenters. The number of hydrogen-bond acceptors (Lipinski definition) is 1. The van der Waals surface area contributed by atoms with Crippen molar-refractivity contribution in [1.29, 1.82) is 0 Å². The van der Waals surface area contributed by atoms with Gasteiger partial charge in [-0.2, -0.15) is 13.2 Å². The molecule has 0 bridgehead atoms. The lowest BCUT2D eigenvalue weighted by Crippen LogP contribution is -2.31. The van der Waals surface area contributed by atoms with Crippen molar-refractivity contribution < 1.29 is 22.4 Å². The molecule has 0 spiro atoms. The van der Waals surface area contributed by atoms with Gasteiger partial charge in [0.25, 0.3) is 5.78 Å². The molecule has 15 heavy (non-hydrogen) atoms. The van der Waals surface area contributed by atoms with E-state index in [9.17, 15) is 22.4 Å². The molecule has 1 aliphatic carbocycles. The fourth-order valence-electron chi connectivity index (χ4n) is 1.43. The fourth-order valence-corrected chi connectivity index (χ4v) is 1.43. The van der Waals surface area contributed by atoms with Crippen LogP contribution in [0.1, 0.15) is 11.1 Å². The summed E-state index contributed by atoms with van der Waals surface area (Å²) in [7, 11) is 0. The first kappa shape index (κ1) is 9.89. The van der Waals surface area contributed by atoms with Crippen LogP contribution in [0.2, 0.25) is 0 Å². The minimum Gasteiger partial charge on any atom is -0.284 e. The van der Waals surface area contributed by atoms with Gasteiger partial charge in [-0.3, -0.25) is 4.79 Å². The molecule has 0 radical (unpaired) electrons. The summed E-state index contributed by atoms with van der Waals surface area (Å²) in [6.07, 6.45) is 0. The predicted molar refractivity (Wildman–Crippen MR) is 44.5 cm³/mol. The maximum atomic E-state index is 13.2. The molecule has 1 aromatic rings. The summed E-state index contributed by atoms with van der Waals surface area (Å²) >= 11 is 0. The Morgan fingerprint density at radius 1 is 1.00 bits per heavy atom. The van der Waals surface area contributed by atoms with Gasteiger partial charge in [-0.15, -0.1) is 0 Å². The van der Waals surface area contributed by atoms with Gasteiger partial charge in [0.2, 0.25) is 5.83 Å². The summed E-state index contributed by atoms with van der Waals surface area (Å²) in [5, 5.41) is 0. The summed E-state index contributed by atoms with van der Waals surface area (Å²) in [4.78, 5) is 10.8. The Bertz CT molecular complexity index is 476. The first-order valence-corrected chi connectivity index (χ1v) is 4.04. The second kappa shape index (κ2) is 2.92. The van der Waals surface area contributed by atoms with Gasteiger partial charge in [0.15, 0.2) is 5.83 Å². The van der Waals surface area contributed by atoms with Crippen molar-refractivity contribution in [1.82, 2.24) is 0 Å². The van der Waals surface area contributed by atoms with Crippen LogP contribution >= 0.6 is 0 Å². The smallest absolute Gasteiger partial charge is 0.284 e. The zero-order valence-corrected chi connectivity index (χ0v) is 7.23. The van der Waals surface area contributed by atoms with E-state index >= 15 is 0 Å². The molecule has 1 aromatic carbocycles. The van der Waals surface area contributed by atoms with Crippen molar-refractivity contribution in [2.75, 3.05) is 0 Å². The molecule has 1 aliphatic rings. The van der Waals surface area contributed by atoms with E-state index in [1.807, 2.05) is 0 Å². The van der Waals surface area contributed by atoms with Crippen LogP contribution in [0.3, 0.4) is 0 Å². The molecule has 0 saturated heterocycles. The molecule has 0 aliphatic heterocycles. The summed E-state index contributed by atoms with van der Waals surface area (Å²) in [5.74, 6) is -9.66. The fraction of sp³-hybridized carbons (Fsp3) is 0.100. The number of carbonyl (C=O) groups excluding carboxylic acids is 1. The van der Waals surface area contributed by atoms with E-state index in [0.717, 1.165) is 12.1 Å². The van der Waals surface area contributed by atoms with Gasteiger partial charge < -0.3 is 0 Å². The molecule has 2 rings (SSSR count). The molecule has 0 amide bonds. The predicted octanol–water partition coefficient (Wildman–Crippen LogP) is 2.97. The highest BCUT2D eigenvalue weighted by Gasteiger charge is 2.49. The van der Waals surface area contributed by atoms with E-state index in [1.54, 1.807) is 0 Å². The quantitative estimate of drug-likeness (QED) is 0.609. The molecule has 0 fully saturated rings. The number of ketones is 1. The number of Topliss-reactive ketones (excluding diaryl/α,β-unsaturated/α-hetero) is 1. The van der Waals surface area contributed by atoms with Crippen molar-refractivity contribution in [3.05, 3.63) is 41.2 Å². The van der Waals surface area contributed by atoms with E-state index in [1.165, 1.54) is 12.1 Å². The number of alkyl halides is 2. The lowest BCUT2D eigenvalue weighted by molar-refractivity contribution is -0.142. The van der Waals surface area contributed by atoms with Crippen LogP contribution in [0.4, 0.5) is 17.6 Å². The number of fused-ring (bicyclic) bond motifs is 1. The SMILES string of the molecule is O=C1C(F)=C(F)c2ccccc2C1(F)F. The Kier molecular flexibility index (Phi) is 1.92. The van der Waals surface area contributed by atoms with E-state index in [-0.39, 0.29) is 0 Å². The third kappa shape index (κ3) is 1.19. The number of allylic oxidation sites excluding steroid dienone is 1. The zero-order valence-electron chi connectivity index (χ0n) is 7.23. The molecule has 0 unspecified atom stereocenters.